The van der Waals surface area contributed by atoms with E-state index >= 15 is 0 Å². The number of ether oxygens (including phenoxy) is 1. The van der Waals surface area contributed by atoms with Crippen molar-refractivity contribution in [3.63, 3.8) is 0 Å². The van der Waals surface area contributed by atoms with Crippen molar-refractivity contribution < 1.29 is 27.0 Å². The standard InChI is InChI=1S/C15H18F3N5O3/c1-24-7-10-19-11(25-21-10)6-23-5-4-14(8-23,15(16,17)18)13-20-12(22-26-13)9-2-3-9/h9H,2-8H2,1H3. The van der Waals surface area contributed by atoms with Crippen LogP contribution in [0.3, 0.4) is 0 Å². The van der Waals surface area contributed by atoms with E-state index < -0.39 is 11.6 Å². The van der Waals surface area contributed by atoms with E-state index in [1.807, 2.05) is 0 Å². The van der Waals surface area contributed by atoms with Crippen LogP contribution in [0.1, 0.15) is 48.6 Å². The van der Waals surface area contributed by atoms with E-state index in [1.54, 1.807) is 4.90 Å². The highest BCUT2D eigenvalue weighted by Gasteiger charge is 2.63. The number of hydrogen-bond acceptors (Lipinski definition) is 8. The zero-order valence-electron chi connectivity index (χ0n) is 14.1. The number of rotatable bonds is 6. The lowest BCUT2D eigenvalue weighted by molar-refractivity contribution is -0.194. The van der Waals surface area contributed by atoms with Crippen LogP contribution in [-0.2, 0) is 23.3 Å². The summed E-state index contributed by atoms with van der Waals surface area (Å²) in [6, 6.07) is 0. The van der Waals surface area contributed by atoms with Crippen LogP contribution < -0.4 is 0 Å². The Bertz CT molecular complexity index is 773. The molecule has 1 unspecified atom stereocenters. The summed E-state index contributed by atoms with van der Waals surface area (Å²) in [5.41, 5.74) is -2.16. The first-order valence-corrected chi connectivity index (χ1v) is 8.35. The maximum atomic E-state index is 13.9. The van der Waals surface area contributed by atoms with Crippen LogP contribution in [0.4, 0.5) is 13.2 Å². The summed E-state index contributed by atoms with van der Waals surface area (Å²) in [5, 5.41) is 7.47. The molecular formula is C15H18F3N5O3. The summed E-state index contributed by atoms with van der Waals surface area (Å²) in [7, 11) is 1.49. The van der Waals surface area contributed by atoms with E-state index in [1.165, 1.54) is 7.11 Å². The van der Waals surface area contributed by atoms with E-state index in [2.05, 4.69) is 20.3 Å². The summed E-state index contributed by atoms with van der Waals surface area (Å²) in [6.45, 7) is 0.230. The minimum Gasteiger partial charge on any atom is -0.377 e. The van der Waals surface area contributed by atoms with E-state index in [-0.39, 0.29) is 50.4 Å². The SMILES string of the molecule is COCc1noc(CN2CCC(c3nc(C4CC4)no3)(C(F)(F)F)C2)n1. The molecule has 2 aromatic rings. The van der Waals surface area contributed by atoms with Gasteiger partial charge in [0, 0.05) is 26.1 Å². The molecule has 4 rings (SSSR count). The molecule has 1 saturated heterocycles. The zero-order valence-corrected chi connectivity index (χ0v) is 14.1. The predicted octanol–water partition coefficient (Wildman–Crippen LogP) is 2.18. The Hall–Kier alpha value is -2.01. The first kappa shape index (κ1) is 17.4. The Morgan fingerprint density at radius 3 is 2.73 bits per heavy atom. The topological polar surface area (TPSA) is 90.3 Å². The van der Waals surface area contributed by atoms with Crippen molar-refractivity contribution in [3.8, 4) is 0 Å². The van der Waals surface area contributed by atoms with E-state index in [4.69, 9.17) is 13.8 Å². The summed E-state index contributed by atoms with van der Waals surface area (Å²) in [4.78, 5) is 9.78. The number of halogens is 3. The average Bonchev–Trinajstić information content (AvgIpc) is 3.00. The monoisotopic (exact) mass is 373 g/mol. The fourth-order valence-corrected chi connectivity index (χ4v) is 3.22. The third-order valence-corrected chi connectivity index (χ3v) is 4.83. The number of alkyl halides is 3. The van der Waals surface area contributed by atoms with Gasteiger partial charge in [0.25, 0.3) is 0 Å². The van der Waals surface area contributed by atoms with E-state index in [0.717, 1.165) is 12.8 Å². The first-order valence-electron chi connectivity index (χ1n) is 8.35. The normalized spacial score (nSPS) is 24.5. The minimum absolute atomic E-state index is 0.123. The highest BCUT2D eigenvalue weighted by atomic mass is 19.4. The largest absolute Gasteiger partial charge is 0.404 e. The second-order valence-electron chi connectivity index (χ2n) is 6.81. The summed E-state index contributed by atoms with van der Waals surface area (Å²) < 4.78 is 56.8. The second-order valence-corrected chi connectivity index (χ2v) is 6.81. The molecule has 0 bridgehead atoms. The highest BCUT2D eigenvalue weighted by molar-refractivity contribution is 5.17. The fraction of sp³-hybridized carbons (Fsp3) is 0.733. The number of methoxy groups -OCH3 is 1. The molecule has 0 spiro atoms. The molecule has 142 valence electrons. The maximum Gasteiger partial charge on any atom is 0.404 e. The minimum atomic E-state index is -4.49. The number of hydrogen-bond donors (Lipinski definition) is 0. The molecule has 8 nitrogen and oxygen atoms in total. The van der Waals surface area contributed by atoms with Crippen molar-refractivity contribution in [2.45, 2.75) is 49.9 Å². The Labute approximate surface area is 146 Å². The van der Waals surface area contributed by atoms with Crippen molar-refractivity contribution in [2.75, 3.05) is 20.2 Å². The molecule has 1 atom stereocenters. The molecule has 1 saturated carbocycles. The molecule has 26 heavy (non-hydrogen) atoms. The van der Waals surface area contributed by atoms with Crippen LogP contribution in [0.2, 0.25) is 0 Å². The molecule has 0 radical (unpaired) electrons. The second kappa shape index (κ2) is 6.31. The van der Waals surface area contributed by atoms with E-state index in [9.17, 15) is 13.2 Å². The molecule has 0 N–H and O–H groups in total. The molecule has 2 aromatic heterocycles. The van der Waals surface area contributed by atoms with Gasteiger partial charge in [0.05, 0.1) is 6.54 Å². The van der Waals surface area contributed by atoms with Crippen molar-refractivity contribution in [2.24, 2.45) is 0 Å². The molecule has 0 amide bonds. The summed E-state index contributed by atoms with van der Waals surface area (Å²) >= 11 is 0. The predicted molar refractivity (Wildman–Crippen MR) is 78.9 cm³/mol. The van der Waals surface area contributed by atoms with Crippen LogP contribution in [-0.4, -0.2) is 51.6 Å². The van der Waals surface area contributed by atoms with Crippen molar-refractivity contribution in [1.82, 2.24) is 25.2 Å². The van der Waals surface area contributed by atoms with Crippen LogP contribution >= 0.6 is 0 Å². The molecule has 1 aliphatic heterocycles. The smallest absolute Gasteiger partial charge is 0.377 e. The third kappa shape index (κ3) is 3.09. The number of nitrogens with zero attached hydrogens (tertiary/aromatic N) is 5. The van der Waals surface area contributed by atoms with E-state index in [0.29, 0.717) is 11.6 Å². The number of aromatic nitrogens is 4. The van der Waals surface area contributed by atoms with Gasteiger partial charge in [-0.2, -0.15) is 23.1 Å². The van der Waals surface area contributed by atoms with Gasteiger partial charge in [0.15, 0.2) is 17.1 Å². The molecule has 11 heteroatoms. The van der Waals surface area contributed by atoms with Crippen molar-refractivity contribution >= 4 is 0 Å². The van der Waals surface area contributed by atoms with Crippen LogP contribution in [0.5, 0.6) is 0 Å². The molecule has 3 heterocycles. The van der Waals surface area contributed by atoms with Gasteiger partial charge in [-0.15, -0.1) is 0 Å². The van der Waals surface area contributed by atoms with Gasteiger partial charge in [0.2, 0.25) is 11.8 Å². The highest BCUT2D eigenvalue weighted by Crippen LogP contribution is 2.48. The third-order valence-electron chi connectivity index (χ3n) is 4.83. The van der Waals surface area contributed by atoms with Gasteiger partial charge in [-0.1, -0.05) is 10.3 Å². The van der Waals surface area contributed by atoms with Crippen molar-refractivity contribution in [3.05, 3.63) is 23.4 Å². The lowest BCUT2D eigenvalue weighted by Crippen LogP contribution is -2.45. The molecule has 2 aliphatic rings. The molecule has 0 aromatic carbocycles. The Balaban J connectivity index is 1.52. The Kier molecular flexibility index (Phi) is 4.22. The van der Waals surface area contributed by atoms with Gasteiger partial charge in [-0.3, -0.25) is 4.90 Å². The summed E-state index contributed by atoms with van der Waals surface area (Å²) in [5.74, 6) is 0.769. The maximum absolute atomic E-state index is 13.9. The first-order chi connectivity index (χ1) is 12.4. The van der Waals surface area contributed by atoms with Gasteiger partial charge in [-0.05, 0) is 19.3 Å². The number of likely N-dealkylation sites (tertiary alicyclic amines) is 1. The molecule has 1 aliphatic carbocycles. The molecule has 2 fully saturated rings. The van der Waals surface area contributed by atoms with Crippen LogP contribution in [0.25, 0.3) is 0 Å². The Morgan fingerprint density at radius 1 is 1.23 bits per heavy atom. The zero-order chi connectivity index (χ0) is 18.4. The van der Waals surface area contributed by atoms with Crippen molar-refractivity contribution in [1.29, 1.82) is 0 Å². The quantitative estimate of drug-likeness (QED) is 0.761. The Morgan fingerprint density at radius 2 is 2.04 bits per heavy atom. The van der Waals surface area contributed by atoms with Gasteiger partial charge >= 0.3 is 6.18 Å². The van der Waals surface area contributed by atoms with Crippen LogP contribution in [0, 0.1) is 0 Å². The van der Waals surface area contributed by atoms with Gasteiger partial charge in [0.1, 0.15) is 6.61 Å². The lowest BCUT2D eigenvalue weighted by Gasteiger charge is -2.27. The van der Waals surface area contributed by atoms with Gasteiger partial charge in [-0.25, -0.2) is 0 Å². The van der Waals surface area contributed by atoms with Crippen LogP contribution in [0.15, 0.2) is 9.05 Å². The molecular weight excluding hydrogens is 355 g/mol. The van der Waals surface area contributed by atoms with Gasteiger partial charge < -0.3 is 13.8 Å². The summed E-state index contributed by atoms with van der Waals surface area (Å²) in [6.07, 6.45) is -2.86. The fourth-order valence-electron chi connectivity index (χ4n) is 3.22. The average molecular weight is 373 g/mol. The lowest BCUT2D eigenvalue weighted by atomic mass is 9.86.